The fraction of sp³-hybridized carbons (Fsp3) is 0.833. The standard InChI is InChI=1S/C12H19N3O2.ClH/c16-11(14-9-3-1-4-9)10-7-12(17-15-10)5-2-6-13-8-12;/h9,13H,1-8H2,(H,14,16);1H. The van der Waals surface area contributed by atoms with Crippen molar-refractivity contribution in [3.8, 4) is 0 Å². The van der Waals surface area contributed by atoms with E-state index in [1.807, 2.05) is 0 Å². The molecule has 1 atom stereocenters. The molecule has 1 saturated heterocycles. The molecule has 0 aromatic carbocycles. The predicted octanol–water partition coefficient (Wildman–Crippen LogP) is 0.975. The average molecular weight is 274 g/mol. The summed E-state index contributed by atoms with van der Waals surface area (Å²) in [5.41, 5.74) is 0.325. The van der Waals surface area contributed by atoms with Crippen molar-refractivity contribution in [2.45, 2.75) is 50.2 Å². The number of nitrogens with zero attached hydrogens (tertiary/aromatic N) is 1. The molecule has 3 rings (SSSR count). The van der Waals surface area contributed by atoms with Crippen LogP contribution >= 0.6 is 12.4 Å². The fourth-order valence-electron chi connectivity index (χ4n) is 2.63. The predicted molar refractivity (Wildman–Crippen MR) is 71.0 cm³/mol. The highest BCUT2D eigenvalue weighted by molar-refractivity contribution is 6.39. The Hall–Kier alpha value is -0.810. The number of oxime groups is 1. The third kappa shape index (κ3) is 2.62. The Morgan fingerprint density at radius 3 is 2.89 bits per heavy atom. The molecule has 1 unspecified atom stereocenters. The van der Waals surface area contributed by atoms with Crippen LogP contribution in [0.5, 0.6) is 0 Å². The quantitative estimate of drug-likeness (QED) is 0.788. The summed E-state index contributed by atoms with van der Waals surface area (Å²) in [6.07, 6.45) is 6.16. The maximum atomic E-state index is 11.9. The van der Waals surface area contributed by atoms with Crippen LogP contribution in [0.3, 0.4) is 0 Å². The van der Waals surface area contributed by atoms with Crippen LogP contribution in [0, 0.1) is 0 Å². The molecule has 18 heavy (non-hydrogen) atoms. The summed E-state index contributed by atoms with van der Waals surface area (Å²) in [6, 6.07) is 0.367. The normalized spacial score (nSPS) is 31.0. The summed E-state index contributed by atoms with van der Waals surface area (Å²) >= 11 is 0. The Morgan fingerprint density at radius 1 is 1.44 bits per heavy atom. The number of hydrogen-bond acceptors (Lipinski definition) is 4. The van der Waals surface area contributed by atoms with Crippen LogP contribution < -0.4 is 10.6 Å². The van der Waals surface area contributed by atoms with Gasteiger partial charge < -0.3 is 15.5 Å². The molecule has 5 nitrogen and oxygen atoms in total. The van der Waals surface area contributed by atoms with Crippen molar-refractivity contribution >= 4 is 24.0 Å². The second-order valence-electron chi connectivity index (χ2n) is 5.37. The van der Waals surface area contributed by atoms with Gasteiger partial charge in [0.05, 0.1) is 0 Å². The lowest BCUT2D eigenvalue weighted by molar-refractivity contribution is -0.116. The summed E-state index contributed by atoms with van der Waals surface area (Å²) in [4.78, 5) is 17.4. The molecular weight excluding hydrogens is 254 g/mol. The summed E-state index contributed by atoms with van der Waals surface area (Å²) in [5.74, 6) is -0.0304. The highest BCUT2D eigenvalue weighted by atomic mass is 35.5. The molecule has 6 heteroatoms. The van der Waals surface area contributed by atoms with Crippen molar-refractivity contribution in [2.24, 2.45) is 5.16 Å². The zero-order valence-electron chi connectivity index (χ0n) is 10.4. The molecule has 3 aliphatic rings. The lowest BCUT2D eigenvalue weighted by Gasteiger charge is -2.31. The van der Waals surface area contributed by atoms with Crippen LogP contribution in [0.15, 0.2) is 5.16 Å². The van der Waals surface area contributed by atoms with Gasteiger partial charge in [-0.25, -0.2) is 0 Å². The Kier molecular flexibility index (Phi) is 4.12. The van der Waals surface area contributed by atoms with Crippen LogP contribution in [-0.4, -0.2) is 36.4 Å². The average Bonchev–Trinajstić information content (AvgIpc) is 2.68. The lowest BCUT2D eigenvalue weighted by Crippen LogP contribution is -2.47. The van der Waals surface area contributed by atoms with E-state index in [9.17, 15) is 4.79 Å². The number of halogens is 1. The van der Waals surface area contributed by atoms with Crippen LogP contribution in [0.25, 0.3) is 0 Å². The Balaban J connectivity index is 0.00000120. The third-order valence-corrected chi connectivity index (χ3v) is 3.97. The molecule has 0 radical (unpaired) electrons. The summed E-state index contributed by atoms with van der Waals surface area (Å²) in [6.45, 7) is 1.84. The first-order valence-corrected chi connectivity index (χ1v) is 6.54. The summed E-state index contributed by atoms with van der Waals surface area (Å²) < 4.78 is 0. The van der Waals surface area contributed by atoms with Crippen molar-refractivity contribution in [3.63, 3.8) is 0 Å². The van der Waals surface area contributed by atoms with Crippen molar-refractivity contribution in [1.29, 1.82) is 0 Å². The van der Waals surface area contributed by atoms with E-state index in [1.54, 1.807) is 0 Å². The maximum Gasteiger partial charge on any atom is 0.269 e. The van der Waals surface area contributed by atoms with Crippen molar-refractivity contribution in [1.82, 2.24) is 10.6 Å². The molecule has 2 heterocycles. The Morgan fingerprint density at radius 2 is 2.28 bits per heavy atom. The van der Waals surface area contributed by atoms with Crippen molar-refractivity contribution in [3.05, 3.63) is 0 Å². The molecule has 0 bridgehead atoms. The zero-order valence-corrected chi connectivity index (χ0v) is 11.2. The molecule has 102 valence electrons. The molecule has 0 aromatic rings. The van der Waals surface area contributed by atoms with Gasteiger partial charge in [0.1, 0.15) is 5.71 Å². The highest BCUT2D eigenvalue weighted by Gasteiger charge is 2.42. The van der Waals surface area contributed by atoms with Gasteiger partial charge in [-0.05, 0) is 38.6 Å². The van der Waals surface area contributed by atoms with Gasteiger partial charge in [0.25, 0.3) is 5.91 Å². The number of carbonyl (C=O) groups excluding carboxylic acids is 1. The van der Waals surface area contributed by atoms with E-state index in [0.717, 1.165) is 38.8 Å². The van der Waals surface area contributed by atoms with Gasteiger partial charge in [-0.3, -0.25) is 4.79 Å². The van der Waals surface area contributed by atoms with Gasteiger partial charge in [-0.15, -0.1) is 12.4 Å². The van der Waals surface area contributed by atoms with Crippen LogP contribution in [-0.2, 0) is 9.63 Å². The maximum absolute atomic E-state index is 11.9. The molecular formula is C12H20ClN3O2. The highest BCUT2D eigenvalue weighted by Crippen LogP contribution is 2.30. The molecule has 2 fully saturated rings. The van der Waals surface area contributed by atoms with Gasteiger partial charge >= 0.3 is 0 Å². The lowest BCUT2D eigenvalue weighted by atomic mass is 9.88. The van der Waals surface area contributed by atoms with E-state index in [2.05, 4.69) is 15.8 Å². The topological polar surface area (TPSA) is 62.7 Å². The van der Waals surface area contributed by atoms with Gasteiger partial charge in [0.15, 0.2) is 5.60 Å². The molecule has 1 saturated carbocycles. The molecule has 0 aromatic heterocycles. The number of amides is 1. The minimum Gasteiger partial charge on any atom is -0.387 e. The monoisotopic (exact) mass is 273 g/mol. The zero-order chi connectivity index (χ0) is 11.7. The number of piperidine rings is 1. The molecule has 2 N–H and O–H groups in total. The van der Waals surface area contributed by atoms with Gasteiger partial charge in [0.2, 0.25) is 0 Å². The summed E-state index contributed by atoms with van der Waals surface area (Å²) in [7, 11) is 0. The van der Waals surface area contributed by atoms with Gasteiger partial charge in [-0.1, -0.05) is 5.16 Å². The minimum absolute atomic E-state index is 0. The second kappa shape index (κ2) is 5.45. The van der Waals surface area contributed by atoms with E-state index in [-0.39, 0.29) is 23.9 Å². The Bertz CT molecular complexity index is 349. The Labute approximate surface area is 113 Å². The molecule has 1 spiro atoms. The first-order valence-electron chi connectivity index (χ1n) is 6.54. The first-order chi connectivity index (χ1) is 8.27. The van der Waals surface area contributed by atoms with E-state index < -0.39 is 0 Å². The van der Waals surface area contributed by atoms with E-state index >= 15 is 0 Å². The number of nitrogens with one attached hydrogen (secondary N) is 2. The first kappa shape index (κ1) is 13.6. The SMILES string of the molecule is Cl.O=C(NC1CCC1)C1=NOC2(CCCNC2)C1. The minimum atomic E-state index is -0.245. The van der Waals surface area contributed by atoms with Gasteiger partial charge in [-0.2, -0.15) is 0 Å². The van der Waals surface area contributed by atoms with Crippen molar-refractivity contribution < 1.29 is 9.63 Å². The molecule has 1 amide bonds. The number of carbonyl (C=O) groups is 1. The van der Waals surface area contributed by atoms with Crippen molar-refractivity contribution in [2.75, 3.05) is 13.1 Å². The van der Waals surface area contributed by atoms with E-state index in [0.29, 0.717) is 18.2 Å². The van der Waals surface area contributed by atoms with Gasteiger partial charge in [0, 0.05) is 19.0 Å². The fourth-order valence-corrected chi connectivity index (χ4v) is 2.63. The van der Waals surface area contributed by atoms with Crippen LogP contribution in [0.4, 0.5) is 0 Å². The summed E-state index contributed by atoms with van der Waals surface area (Å²) in [5, 5.41) is 10.3. The number of hydrogen-bond donors (Lipinski definition) is 2. The van der Waals surface area contributed by atoms with Crippen LogP contribution in [0.1, 0.15) is 38.5 Å². The smallest absolute Gasteiger partial charge is 0.269 e. The second-order valence-corrected chi connectivity index (χ2v) is 5.37. The largest absolute Gasteiger partial charge is 0.387 e. The van der Waals surface area contributed by atoms with E-state index in [4.69, 9.17) is 4.84 Å². The van der Waals surface area contributed by atoms with E-state index in [1.165, 1.54) is 6.42 Å². The third-order valence-electron chi connectivity index (χ3n) is 3.97. The van der Waals surface area contributed by atoms with Crippen LogP contribution in [0.2, 0.25) is 0 Å². The molecule has 1 aliphatic carbocycles. The number of rotatable bonds is 2. The molecule has 2 aliphatic heterocycles.